The van der Waals surface area contributed by atoms with Gasteiger partial charge in [0, 0.05) is 31.6 Å². The minimum atomic E-state index is -1.00. The summed E-state index contributed by atoms with van der Waals surface area (Å²) in [6.07, 6.45) is 1.80. The molecule has 1 amide bonds. The smallest absolute Gasteiger partial charge is 0.326 e. The fourth-order valence-corrected chi connectivity index (χ4v) is 3.55. The molecule has 2 aromatic heterocycles. The van der Waals surface area contributed by atoms with E-state index in [9.17, 15) is 14.7 Å². The Morgan fingerprint density at radius 2 is 1.96 bits per heavy atom. The van der Waals surface area contributed by atoms with E-state index in [0.717, 1.165) is 22.2 Å². The van der Waals surface area contributed by atoms with E-state index in [-0.39, 0.29) is 12.5 Å². The molecule has 0 unspecified atom stereocenters. The number of carbonyl (C=O) groups is 2. The van der Waals surface area contributed by atoms with Crippen molar-refractivity contribution in [1.29, 1.82) is 0 Å². The van der Waals surface area contributed by atoms with Gasteiger partial charge in [-0.15, -0.1) is 0 Å². The summed E-state index contributed by atoms with van der Waals surface area (Å²) in [5.74, 6) is -1.33. The van der Waals surface area contributed by atoms with Crippen molar-refractivity contribution in [3.63, 3.8) is 0 Å². The molecule has 1 aliphatic rings. The second kappa shape index (κ2) is 5.94. The first kappa shape index (κ1) is 16.3. The molecule has 1 aromatic carbocycles. The van der Waals surface area contributed by atoms with Crippen molar-refractivity contribution >= 4 is 22.9 Å². The van der Waals surface area contributed by atoms with Gasteiger partial charge in [-0.3, -0.25) is 9.48 Å². The summed E-state index contributed by atoms with van der Waals surface area (Å²) < 4.78 is 1.66. The summed E-state index contributed by atoms with van der Waals surface area (Å²) >= 11 is 0. The number of benzene rings is 1. The van der Waals surface area contributed by atoms with Gasteiger partial charge in [0.05, 0.1) is 11.3 Å². The number of carboxylic acid groups (broad SMARTS) is 1. The summed E-state index contributed by atoms with van der Waals surface area (Å²) in [5, 5.41) is 14.7. The van der Waals surface area contributed by atoms with Crippen LogP contribution in [0.25, 0.3) is 11.0 Å². The van der Waals surface area contributed by atoms with Crippen molar-refractivity contribution < 1.29 is 14.7 Å². The maximum absolute atomic E-state index is 13.1. The topological polar surface area (TPSA) is 88.3 Å². The molecule has 0 fully saturated rings. The van der Waals surface area contributed by atoms with Gasteiger partial charge in [-0.1, -0.05) is 24.3 Å². The van der Waals surface area contributed by atoms with E-state index in [1.165, 1.54) is 11.1 Å². The molecule has 7 nitrogen and oxygen atoms in total. The molecule has 0 saturated carbocycles. The first-order valence-corrected chi connectivity index (χ1v) is 8.35. The maximum Gasteiger partial charge on any atom is 0.326 e. The van der Waals surface area contributed by atoms with E-state index in [4.69, 9.17) is 0 Å². The van der Waals surface area contributed by atoms with Crippen LogP contribution in [-0.4, -0.2) is 42.7 Å². The van der Waals surface area contributed by atoms with Crippen molar-refractivity contribution in [2.45, 2.75) is 25.9 Å². The van der Waals surface area contributed by atoms with Gasteiger partial charge >= 0.3 is 5.97 Å². The Morgan fingerprint density at radius 3 is 2.69 bits per heavy atom. The highest BCUT2D eigenvalue weighted by Gasteiger charge is 2.35. The maximum atomic E-state index is 13.1. The molecule has 3 aromatic rings. The summed E-state index contributed by atoms with van der Waals surface area (Å²) in [6, 6.07) is 8.49. The van der Waals surface area contributed by atoms with Crippen LogP contribution in [0, 0.1) is 6.92 Å². The third-order valence-corrected chi connectivity index (χ3v) is 4.90. The van der Waals surface area contributed by atoms with Gasteiger partial charge < -0.3 is 10.0 Å². The Kier molecular flexibility index (Phi) is 3.72. The average molecular weight is 350 g/mol. The number of pyridine rings is 1. The zero-order valence-electron chi connectivity index (χ0n) is 14.5. The van der Waals surface area contributed by atoms with Gasteiger partial charge in [0.1, 0.15) is 6.04 Å². The number of aromatic nitrogens is 3. The number of hydrogen-bond donors (Lipinski definition) is 1. The summed E-state index contributed by atoms with van der Waals surface area (Å²) in [6.45, 7) is 2.13. The molecular formula is C19H18N4O3. The van der Waals surface area contributed by atoms with E-state index in [1.807, 2.05) is 31.2 Å². The molecule has 1 atom stereocenters. The molecule has 1 N–H and O–H groups in total. The molecule has 0 bridgehead atoms. The molecule has 132 valence electrons. The lowest BCUT2D eigenvalue weighted by Gasteiger charge is -2.34. The molecule has 4 rings (SSSR count). The minimum Gasteiger partial charge on any atom is -0.480 e. The number of rotatable bonds is 2. The zero-order chi connectivity index (χ0) is 18.4. The Bertz CT molecular complexity index is 1040. The number of aryl methyl sites for hydroxylation is 2. The number of nitrogens with zero attached hydrogens (tertiary/aromatic N) is 4. The van der Waals surface area contributed by atoms with Crippen molar-refractivity contribution in [3.8, 4) is 0 Å². The van der Waals surface area contributed by atoms with E-state index in [1.54, 1.807) is 17.8 Å². The Labute approximate surface area is 149 Å². The summed E-state index contributed by atoms with van der Waals surface area (Å²) in [7, 11) is 1.80. The van der Waals surface area contributed by atoms with Crippen LogP contribution in [0.15, 0.2) is 36.5 Å². The number of hydrogen-bond acceptors (Lipinski definition) is 4. The van der Waals surface area contributed by atoms with Gasteiger partial charge in [-0.25, -0.2) is 9.78 Å². The zero-order valence-corrected chi connectivity index (χ0v) is 14.5. The molecule has 1 aliphatic heterocycles. The molecule has 0 radical (unpaired) electrons. The lowest BCUT2D eigenvalue weighted by Crippen LogP contribution is -2.48. The predicted octanol–water partition coefficient (Wildman–Crippen LogP) is 1.93. The number of fused-ring (bicyclic) bond motifs is 2. The highest BCUT2D eigenvalue weighted by molar-refractivity contribution is 5.99. The van der Waals surface area contributed by atoms with Crippen LogP contribution in [0.2, 0.25) is 0 Å². The van der Waals surface area contributed by atoms with Crippen molar-refractivity contribution in [2.75, 3.05) is 0 Å². The Balaban J connectivity index is 1.74. The molecule has 0 spiro atoms. The highest BCUT2D eigenvalue weighted by atomic mass is 16.4. The quantitative estimate of drug-likeness (QED) is 0.763. The Morgan fingerprint density at radius 1 is 1.23 bits per heavy atom. The van der Waals surface area contributed by atoms with Gasteiger partial charge in [0.15, 0.2) is 5.65 Å². The lowest BCUT2D eigenvalue weighted by atomic mass is 9.93. The fraction of sp³-hybridized carbons (Fsp3) is 0.263. The van der Waals surface area contributed by atoms with E-state index in [0.29, 0.717) is 17.6 Å². The van der Waals surface area contributed by atoms with Crippen LogP contribution in [-0.2, 0) is 24.8 Å². The third kappa shape index (κ3) is 2.52. The monoisotopic (exact) mass is 350 g/mol. The molecular weight excluding hydrogens is 332 g/mol. The third-order valence-electron chi connectivity index (χ3n) is 4.90. The molecule has 3 heterocycles. The van der Waals surface area contributed by atoms with Crippen molar-refractivity contribution in [2.24, 2.45) is 7.05 Å². The van der Waals surface area contributed by atoms with E-state index >= 15 is 0 Å². The number of carbonyl (C=O) groups excluding carboxylic acids is 1. The predicted molar refractivity (Wildman–Crippen MR) is 94.7 cm³/mol. The summed E-state index contributed by atoms with van der Waals surface area (Å²) in [5.41, 5.74) is 3.80. The largest absolute Gasteiger partial charge is 0.480 e. The van der Waals surface area contributed by atoms with Crippen molar-refractivity contribution in [1.82, 2.24) is 19.7 Å². The highest BCUT2D eigenvalue weighted by Crippen LogP contribution is 2.26. The van der Waals surface area contributed by atoms with Crippen LogP contribution in [0.4, 0.5) is 0 Å². The first-order chi connectivity index (χ1) is 12.5. The standard InChI is InChI=1S/C19H18N4O3/c1-11-15-7-14(9-20-17(15)22(2)21-11)18(24)23-10-13-6-4-3-5-12(13)8-16(23)19(25)26/h3-7,9,16H,8,10H2,1-2H3,(H,25,26)/t16-/m1/s1. The lowest BCUT2D eigenvalue weighted by molar-refractivity contribution is -0.142. The average Bonchev–Trinajstić information content (AvgIpc) is 2.93. The first-order valence-electron chi connectivity index (χ1n) is 8.35. The van der Waals surface area contributed by atoms with E-state index < -0.39 is 12.0 Å². The van der Waals surface area contributed by atoms with E-state index in [2.05, 4.69) is 10.1 Å². The van der Waals surface area contributed by atoms with Crippen LogP contribution in [0.3, 0.4) is 0 Å². The second-order valence-electron chi connectivity index (χ2n) is 6.56. The van der Waals surface area contributed by atoms with Crippen molar-refractivity contribution in [3.05, 3.63) is 58.9 Å². The SMILES string of the molecule is Cc1nn(C)c2ncc(C(=O)N3Cc4ccccc4C[C@@H]3C(=O)O)cc12. The van der Waals surface area contributed by atoms with Crippen LogP contribution in [0.5, 0.6) is 0 Å². The van der Waals surface area contributed by atoms with Crippen LogP contribution < -0.4 is 0 Å². The summed E-state index contributed by atoms with van der Waals surface area (Å²) in [4.78, 5) is 30.6. The number of amides is 1. The van der Waals surface area contributed by atoms with Gasteiger partial charge in [0.25, 0.3) is 5.91 Å². The Hall–Kier alpha value is -3.22. The number of carboxylic acids is 1. The van der Waals surface area contributed by atoms with Gasteiger partial charge in [-0.2, -0.15) is 5.10 Å². The normalized spacial score (nSPS) is 16.5. The van der Waals surface area contributed by atoms with Crippen LogP contribution >= 0.6 is 0 Å². The minimum absolute atomic E-state index is 0.274. The van der Waals surface area contributed by atoms with Gasteiger partial charge in [0.2, 0.25) is 0 Å². The van der Waals surface area contributed by atoms with Gasteiger partial charge in [-0.05, 0) is 24.1 Å². The molecule has 26 heavy (non-hydrogen) atoms. The molecule has 0 saturated heterocycles. The van der Waals surface area contributed by atoms with Crippen LogP contribution in [0.1, 0.15) is 27.2 Å². The molecule has 7 heteroatoms. The molecule has 0 aliphatic carbocycles. The fourth-order valence-electron chi connectivity index (χ4n) is 3.55. The second-order valence-corrected chi connectivity index (χ2v) is 6.56. The number of aliphatic carboxylic acids is 1.